The van der Waals surface area contributed by atoms with Gasteiger partial charge in [-0.2, -0.15) is 0 Å². The molecule has 0 aromatic heterocycles. The highest BCUT2D eigenvalue weighted by Crippen LogP contribution is 2.47. The second kappa shape index (κ2) is 11.2. The van der Waals surface area contributed by atoms with E-state index in [1.165, 1.54) is 11.8 Å². The van der Waals surface area contributed by atoms with Gasteiger partial charge >= 0.3 is 5.97 Å². The van der Waals surface area contributed by atoms with Crippen molar-refractivity contribution in [3.8, 4) is 5.75 Å². The molecule has 37 heavy (non-hydrogen) atoms. The van der Waals surface area contributed by atoms with Crippen LogP contribution in [0, 0.1) is 0 Å². The molecular weight excluding hydrogens is 490 g/mol. The van der Waals surface area contributed by atoms with Crippen LogP contribution in [0.15, 0.2) is 82.0 Å². The second-order valence-electron chi connectivity index (χ2n) is 8.87. The summed E-state index contributed by atoms with van der Waals surface area (Å²) in [6.07, 6.45) is 0.197. The highest BCUT2D eigenvalue weighted by molar-refractivity contribution is 8.16. The molecule has 5 rings (SSSR count). The number of amides is 1. The largest absolute Gasteiger partial charge is 0.496 e. The highest BCUT2D eigenvalue weighted by atomic mass is 32.2. The predicted molar refractivity (Wildman–Crippen MR) is 142 cm³/mol. The molecule has 1 unspecified atom stereocenters. The number of hydrogen-bond donors (Lipinski definition) is 0. The molecule has 9 heteroatoms. The van der Waals surface area contributed by atoms with Gasteiger partial charge in [0.25, 0.3) is 0 Å². The molecule has 0 spiro atoms. The number of amidine groups is 1. The van der Waals surface area contributed by atoms with Gasteiger partial charge in [0.2, 0.25) is 5.91 Å². The third kappa shape index (κ3) is 5.28. The molecule has 192 valence electrons. The maximum absolute atomic E-state index is 13.6. The summed E-state index contributed by atoms with van der Waals surface area (Å²) >= 11 is 1.45. The molecule has 3 heterocycles. The minimum absolute atomic E-state index is 0.0228. The van der Waals surface area contributed by atoms with Gasteiger partial charge < -0.3 is 24.0 Å². The standard InChI is InChI=1S/C28H29N3O5S/c1-19-25(27(33)36-17-20-8-4-3-5-9-20)26(22-10-6-7-11-23(22)34-2)31-21(18-37-28(31)29-19)16-24(32)30-12-14-35-15-13-30/h3-11,18,26H,12-17H2,1-2H3. The Morgan fingerprint density at radius 3 is 2.57 bits per heavy atom. The number of rotatable bonds is 7. The van der Waals surface area contributed by atoms with Crippen molar-refractivity contribution in [1.82, 2.24) is 9.80 Å². The number of fused-ring (bicyclic) bond motifs is 1. The van der Waals surface area contributed by atoms with Gasteiger partial charge in [-0.15, -0.1) is 0 Å². The number of nitrogens with zero attached hydrogens (tertiary/aromatic N) is 3. The number of ether oxygens (including phenoxy) is 3. The Kier molecular flexibility index (Phi) is 7.62. The van der Waals surface area contributed by atoms with Crippen LogP contribution in [-0.4, -0.2) is 60.3 Å². The van der Waals surface area contributed by atoms with Crippen LogP contribution in [0.25, 0.3) is 0 Å². The van der Waals surface area contributed by atoms with Crippen molar-refractivity contribution in [1.29, 1.82) is 0 Å². The number of thioether (sulfide) groups is 1. The van der Waals surface area contributed by atoms with E-state index in [-0.39, 0.29) is 18.9 Å². The van der Waals surface area contributed by atoms with Gasteiger partial charge in [0.15, 0.2) is 5.17 Å². The number of carbonyl (C=O) groups excluding carboxylic acids is 2. The molecule has 1 saturated heterocycles. The lowest BCUT2D eigenvalue weighted by molar-refractivity contribution is -0.141. The Morgan fingerprint density at radius 2 is 1.81 bits per heavy atom. The van der Waals surface area contributed by atoms with Crippen LogP contribution >= 0.6 is 11.8 Å². The summed E-state index contributed by atoms with van der Waals surface area (Å²) in [6, 6.07) is 16.6. The van der Waals surface area contributed by atoms with Gasteiger partial charge in [0.1, 0.15) is 12.4 Å². The molecule has 0 bridgehead atoms. The molecule has 8 nitrogen and oxygen atoms in total. The Morgan fingerprint density at radius 1 is 1.08 bits per heavy atom. The van der Waals surface area contributed by atoms with E-state index in [2.05, 4.69) is 0 Å². The first kappa shape index (κ1) is 25.1. The van der Waals surface area contributed by atoms with Crippen molar-refractivity contribution >= 4 is 28.8 Å². The van der Waals surface area contributed by atoms with Gasteiger partial charge in [0, 0.05) is 24.4 Å². The molecule has 1 amide bonds. The van der Waals surface area contributed by atoms with Crippen LogP contribution in [0.2, 0.25) is 0 Å². The zero-order valence-corrected chi connectivity index (χ0v) is 21.7. The third-order valence-corrected chi connectivity index (χ3v) is 7.45. The lowest BCUT2D eigenvalue weighted by atomic mass is 9.93. The van der Waals surface area contributed by atoms with Gasteiger partial charge in [-0.05, 0) is 24.0 Å². The number of allylic oxidation sites excluding steroid dienone is 1. The summed E-state index contributed by atoms with van der Waals surface area (Å²) in [4.78, 5) is 35.3. The number of esters is 1. The molecule has 3 aliphatic rings. The first-order valence-electron chi connectivity index (χ1n) is 12.2. The minimum atomic E-state index is -0.550. The first-order valence-corrected chi connectivity index (χ1v) is 13.1. The maximum atomic E-state index is 13.6. The number of methoxy groups -OCH3 is 1. The van der Waals surface area contributed by atoms with Crippen molar-refractivity contribution in [2.45, 2.75) is 26.0 Å². The number of benzene rings is 2. The molecule has 1 atom stereocenters. The van der Waals surface area contributed by atoms with Crippen molar-refractivity contribution in [2.24, 2.45) is 4.99 Å². The molecular formula is C28H29N3O5S. The monoisotopic (exact) mass is 519 g/mol. The first-order chi connectivity index (χ1) is 18.1. The van der Waals surface area contributed by atoms with Crippen LogP contribution < -0.4 is 4.74 Å². The molecule has 2 aromatic carbocycles. The van der Waals surface area contributed by atoms with Crippen LogP contribution in [0.3, 0.4) is 0 Å². The van der Waals surface area contributed by atoms with Gasteiger partial charge in [-0.25, -0.2) is 9.79 Å². The van der Waals surface area contributed by atoms with E-state index in [1.54, 1.807) is 7.11 Å². The number of hydrogen-bond acceptors (Lipinski definition) is 8. The van der Waals surface area contributed by atoms with E-state index < -0.39 is 12.0 Å². The number of carbonyl (C=O) groups is 2. The van der Waals surface area contributed by atoms with E-state index in [1.807, 2.05) is 76.7 Å². The fourth-order valence-corrected chi connectivity index (χ4v) is 5.66. The summed E-state index contributed by atoms with van der Waals surface area (Å²) in [7, 11) is 1.61. The van der Waals surface area contributed by atoms with E-state index in [9.17, 15) is 9.59 Å². The van der Waals surface area contributed by atoms with Gasteiger partial charge in [0.05, 0.1) is 44.1 Å². The van der Waals surface area contributed by atoms with E-state index in [0.29, 0.717) is 43.3 Å². The Balaban J connectivity index is 1.48. The zero-order chi connectivity index (χ0) is 25.8. The summed E-state index contributed by atoms with van der Waals surface area (Å²) < 4.78 is 16.9. The van der Waals surface area contributed by atoms with Crippen molar-refractivity contribution in [2.75, 3.05) is 33.4 Å². The number of morpholine rings is 1. The normalized spacial score (nSPS) is 19.2. The average molecular weight is 520 g/mol. The molecule has 1 fully saturated rings. The van der Waals surface area contributed by atoms with E-state index in [4.69, 9.17) is 19.2 Å². The lowest BCUT2D eigenvalue weighted by Crippen LogP contribution is -2.42. The van der Waals surface area contributed by atoms with Crippen molar-refractivity contribution in [3.63, 3.8) is 0 Å². The Labute approximate surface area is 220 Å². The van der Waals surface area contributed by atoms with E-state index >= 15 is 0 Å². The fraction of sp³-hybridized carbons (Fsp3) is 0.321. The molecule has 0 N–H and O–H groups in total. The van der Waals surface area contributed by atoms with Crippen LogP contribution in [-0.2, 0) is 25.7 Å². The molecule has 3 aliphatic heterocycles. The third-order valence-electron chi connectivity index (χ3n) is 6.56. The smallest absolute Gasteiger partial charge is 0.338 e. The summed E-state index contributed by atoms with van der Waals surface area (Å²) in [5.74, 6) is 0.219. The molecule has 0 aliphatic carbocycles. The quantitative estimate of drug-likeness (QED) is 0.506. The van der Waals surface area contributed by atoms with Crippen molar-refractivity contribution < 1.29 is 23.8 Å². The van der Waals surface area contributed by atoms with Crippen molar-refractivity contribution in [3.05, 3.63) is 88.1 Å². The van der Waals surface area contributed by atoms with Crippen LogP contribution in [0.1, 0.15) is 30.5 Å². The highest BCUT2D eigenvalue weighted by Gasteiger charge is 2.42. The second-order valence-corrected chi connectivity index (χ2v) is 9.70. The molecule has 0 saturated carbocycles. The summed E-state index contributed by atoms with van der Waals surface area (Å²) in [6.45, 7) is 4.21. The number of para-hydroxylation sites is 1. The minimum Gasteiger partial charge on any atom is -0.496 e. The fourth-order valence-electron chi connectivity index (χ4n) is 4.70. The molecule has 0 radical (unpaired) electrons. The van der Waals surface area contributed by atoms with Gasteiger partial charge in [-0.3, -0.25) is 4.79 Å². The summed E-state index contributed by atoms with van der Waals surface area (Å²) in [5.41, 5.74) is 3.50. The van der Waals surface area contributed by atoms with E-state index in [0.717, 1.165) is 22.0 Å². The lowest BCUT2D eigenvalue weighted by Gasteiger charge is -2.37. The number of aliphatic imine (C=N–C) groups is 1. The topological polar surface area (TPSA) is 80.7 Å². The SMILES string of the molecule is COc1ccccc1C1C(C(=O)OCc2ccccc2)=C(C)N=C2SC=C(CC(=O)N3CCOCC3)N21. The molecule has 2 aromatic rings. The van der Waals surface area contributed by atoms with Crippen LogP contribution in [0.5, 0.6) is 5.75 Å². The summed E-state index contributed by atoms with van der Waals surface area (Å²) in [5, 5.41) is 2.67. The zero-order valence-electron chi connectivity index (χ0n) is 20.9. The average Bonchev–Trinajstić information content (AvgIpc) is 3.33. The Hall–Kier alpha value is -3.56. The van der Waals surface area contributed by atoms with Crippen LogP contribution in [0.4, 0.5) is 0 Å². The maximum Gasteiger partial charge on any atom is 0.338 e. The van der Waals surface area contributed by atoms with Gasteiger partial charge in [-0.1, -0.05) is 60.3 Å². The Bertz CT molecular complexity index is 1270. The predicted octanol–water partition coefficient (Wildman–Crippen LogP) is 4.26.